The van der Waals surface area contributed by atoms with Gasteiger partial charge in [0.2, 0.25) is 9.84 Å². The fourth-order valence-electron chi connectivity index (χ4n) is 4.49. The minimum atomic E-state index is -3.61. The molecular weight excluding hydrogens is 613 g/mol. The first-order valence-electron chi connectivity index (χ1n) is 17.6. The summed E-state index contributed by atoms with van der Waals surface area (Å²) in [4.78, 5) is 0.517. The quantitative estimate of drug-likeness (QED) is 0.195. The van der Waals surface area contributed by atoms with E-state index in [1.54, 1.807) is 36.4 Å². The van der Waals surface area contributed by atoms with E-state index < -0.39 is 9.84 Å². The van der Waals surface area contributed by atoms with E-state index >= 15 is 0 Å². The molecule has 0 aromatic heterocycles. The predicted molar refractivity (Wildman–Crippen MR) is 208 cm³/mol. The first kappa shape index (κ1) is 44.4. The van der Waals surface area contributed by atoms with Gasteiger partial charge in [0, 0.05) is 5.41 Å². The molecule has 0 aliphatic rings. The zero-order valence-electron chi connectivity index (χ0n) is 32.8. The van der Waals surface area contributed by atoms with Crippen LogP contribution in [0.1, 0.15) is 127 Å². The Morgan fingerprint density at radius 1 is 0.417 bits per heavy atom. The lowest BCUT2D eigenvalue weighted by Crippen LogP contribution is -2.23. The van der Waals surface area contributed by atoms with Crippen LogP contribution in [0.4, 0.5) is 0 Å². The third-order valence-corrected chi connectivity index (χ3v) is 8.76. The maximum atomic E-state index is 13.1. The lowest BCUT2D eigenvalue weighted by atomic mass is 9.78. The molecule has 0 atom stereocenters. The molecule has 4 nitrogen and oxygen atoms in total. The molecule has 4 aromatic rings. The molecule has 0 amide bonds. The minimum Gasteiger partial charge on any atom is -0.488 e. The molecule has 0 saturated carbocycles. The second-order valence-corrected chi connectivity index (χ2v) is 14.7. The summed E-state index contributed by atoms with van der Waals surface area (Å²) in [6.07, 6.45) is 0. The Bertz CT molecular complexity index is 1540. The molecule has 0 radical (unpaired) electrons. The zero-order valence-corrected chi connectivity index (χ0v) is 33.6. The third kappa shape index (κ3) is 12.8. The summed E-state index contributed by atoms with van der Waals surface area (Å²) < 4.78 is 38.3. The van der Waals surface area contributed by atoms with Crippen LogP contribution in [0.5, 0.6) is 17.2 Å². The van der Waals surface area contributed by atoms with Gasteiger partial charge >= 0.3 is 0 Å². The van der Waals surface area contributed by atoms with Crippen molar-refractivity contribution in [3.05, 3.63) is 114 Å². The second-order valence-electron chi connectivity index (χ2n) is 12.7. The monoisotopic (exact) mass is 676 g/mol. The predicted octanol–water partition coefficient (Wildman–Crippen LogP) is 13.2. The van der Waals surface area contributed by atoms with Crippen LogP contribution >= 0.6 is 0 Å². The van der Waals surface area contributed by atoms with Gasteiger partial charge < -0.3 is 9.47 Å². The third-order valence-electron chi connectivity index (χ3n) is 6.98. The molecule has 0 bridgehead atoms. The van der Waals surface area contributed by atoms with Crippen molar-refractivity contribution in [3.8, 4) is 17.2 Å². The van der Waals surface area contributed by atoms with Gasteiger partial charge in [0.1, 0.15) is 22.8 Å². The van der Waals surface area contributed by atoms with Crippen LogP contribution in [0, 0.1) is 0 Å². The Hall–Kier alpha value is -3.57. The Kier molecular flexibility index (Phi) is 18.6. The van der Waals surface area contributed by atoms with E-state index in [9.17, 15) is 8.42 Å². The van der Waals surface area contributed by atoms with Gasteiger partial charge in [-0.15, -0.1) is 0 Å². The van der Waals surface area contributed by atoms with Crippen LogP contribution in [0.2, 0.25) is 0 Å². The summed E-state index contributed by atoms with van der Waals surface area (Å²) in [5.74, 6) is 2.11. The van der Waals surface area contributed by atoms with Crippen LogP contribution in [-0.2, 0) is 20.7 Å². The van der Waals surface area contributed by atoms with E-state index in [-0.39, 0.29) is 26.2 Å². The molecule has 48 heavy (non-hydrogen) atoms. The smallest absolute Gasteiger partial charge is 0.206 e. The number of benzene rings is 4. The molecule has 0 aliphatic heterocycles. The SMILES string of the molecule is CC.CC.CC.CC.CC(C)(C)Oc1ccc(C(C)(C)c2ccc(Oc3ccc(S(=O)(=O)c4ccc(C(C)(C)C)cc4)cc3)cc2)cc1. The van der Waals surface area contributed by atoms with Gasteiger partial charge in [-0.3, -0.25) is 0 Å². The first-order chi connectivity index (χ1) is 22.6. The van der Waals surface area contributed by atoms with E-state index in [0.29, 0.717) is 11.5 Å². The van der Waals surface area contributed by atoms with Crippen molar-refractivity contribution in [2.75, 3.05) is 0 Å². The zero-order chi connectivity index (χ0) is 37.3. The maximum absolute atomic E-state index is 13.1. The van der Waals surface area contributed by atoms with Crippen molar-refractivity contribution < 1.29 is 17.9 Å². The highest BCUT2D eigenvalue weighted by Gasteiger charge is 2.24. The highest BCUT2D eigenvalue weighted by atomic mass is 32.2. The van der Waals surface area contributed by atoms with E-state index in [4.69, 9.17) is 9.47 Å². The Balaban J connectivity index is 0.00000257. The average molecular weight is 677 g/mol. The molecule has 4 rings (SSSR count). The topological polar surface area (TPSA) is 52.6 Å². The van der Waals surface area contributed by atoms with Gasteiger partial charge in [0.05, 0.1) is 9.79 Å². The van der Waals surface area contributed by atoms with Crippen LogP contribution < -0.4 is 9.47 Å². The van der Waals surface area contributed by atoms with Crippen molar-refractivity contribution in [1.29, 1.82) is 0 Å². The highest BCUT2D eigenvalue weighted by Crippen LogP contribution is 2.35. The Morgan fingerprint density at radius 2 is 0.708 bits per heavy atom. The molecule has 0 spiro atoms. The molecule has 5 heteroatoms. The van der Waals surface area contributed by atoms with E-state index in [1.807, 2.05) is 113 Å². The fourth-order valence-corrected chi connectivity index (χ4v) is 5.75. The first-order valence-corrected chi connectivity index (χ1v) is 19.1. The van der Waals surface area contributed by atoms with Crippen molar-refractivity contribution in [2.24, 2.45) is 0 Å². The van der Waals surface area contributed by atoms with Gasteiger partial charge in [0.25, 0.3) is 0 Å². The van der Waals surface area contributed by atoms with Gasteiger partial charge in [-0.05, 0) is 104 Å². The number of rotatable bonds is 7. The molecule has 0 aliphatic carbocycles. The van der Waals surface area contributed by atoms with Crippen LogP contribution in [0.15, 0.2) is 107 Å². The molecule has 0 heterocycles. The summed E-state index contributed by atoms with van der Waals surface area (Å²) >= 11 is 0. The normalized spacial score (nSPS) is 11.1. The van der Waals surface area contributed by atoms with Crippen molar-refractivity contribution in [3.63, 3.8) is 0 Å². The summed E-state index contributed by atoms with van der Waals surface area (Å²) in [7, 11) is -3.61. The van der Waals surface area contributed by atoms with Gasteiger partial charge in [0.15, 0.2) is 0 Å². The van der Waals surface area contributed by atoms with E-state index in [2.05, 4.69) is 58.9 Å². The number of hydrogen-bond acceptors (Lipinski definition) is 4. The standard InChI is InChI=1S/C35H40O4S.4C2H6/c1-33(2,3)25-13-21-31(22-14-25)40(36,37)32-23-19-29(20-24-32)38-28-15-9-26(10-16-28)35(7,8)27-11-17-30(18-12-27)39-34(4,5)6;4*1-2/h9-24H,1-8H3;4*1-2H3. The lowest BCUT2D eigenvalue weighted by Gasteiger charge is -2.27. The summed E-state index contributed by atoms with van der Waals surface area (Å²) in [6.45, 7) is 32.8. The van der Waals surface area contributed by atoms with Crippen LogP contribution in [0.3, 0.4) is 0 Å². The highest BCUT2D eigenvalue weighted by molar-refractivity contribution is 7.91. The number of hydrogen-bond donors (Lipinski definition) is 0. The Labute approximate surface area is 294 Å². The van der Waals surface area contributed by atoms with Gasteiger partial charge in [-0.2, -0.15) is 0 Å². The molecule has 4 aromatic carbocycles. The summed E-state index contributed by atoms with van der Waals surface area (Å²) in [5.41, 5.74) is 2.95. The number of ether oxygens (including phenoxy) is 2. The molecule has 0 unspecified atom stereocenters. The van der Waals surface area contributed by atoms with Gasteiger partial charge in [-0.25, -0.2) is 8.42 Å². The van der Waals surface area contributed by atoms with Crippen LogP contribution in [0.25, 0.3) is 0 Å². The fraction of sp³-hybridized carbons (Fsp3) is 0.442. The Morgan fingerprint density at radius 3 is 1.04 bits per heavy atom. The summed E-state index contributed by atoms with van der Waals surface area (Å²) in [5, 5.41) is 0. The van der Waals surface area contributed by atoms with Crippen molar-refractivity contribution >= 4 is 9.84 Å². The van der Waals surface area contributed by atoms with Gasteiger partial charge in [-0.1, -0.05) is 126 Å². The average Bonchev–Trinajstić information content (AvgIpc) is 3.08. The number of sulfone groups is 1. The van der Waals surface area contributed by atoms with E-state index in [1.165, 1.54) is 5.56 Å². The van der Waals surface area contributed by atoms with Crippen molar-refractivity contribution in [2.45, 2.75) is 137 Å². The van der Waals surface area contributed by atoms with Crippen LogP contribution in [-0.4, -0.2) is 14.0 Å². The minimum absolute atomic E-state index is 0.0395. The molecule has 0 N–H and O–H groups in total. The molecule has 0 fully saturated rings. The van der Waals surface area contributed by atoms with E-state index in [0.717, 1.165) is 16.9 Å². The molecular formula is C43H64O4S. The van der Waals surface area contributed by atoms with Crippen molar-refractivity contribution in [1.82, 2.24) is 0 Å². The largest absolute Gasteiger partial charge is 0.488 e. The lowest BCUT2D eigenvalue weighted by molar-refractivity contribution is 0.131. The maximum Gasteiger partial charge on any atom is 0.206 e. The molecule has 266 valence electrons. The second kappa shape index (κ2) is 20.1. The molecule has 0 saturated heterocycles. The summed E-state index contributed by atoms with van der Waals surface area (Å²) in [6, 6.07) is 29.9.